The van der Waals surface area contributed by atoms with E-state index in [0.717, 1.165) is 49.5 Å². The first-order chi connectivity index (χ1) is 14.1. The third-order valence-electron chi connectivity index (χ3n) is 4.88. The Morgan fingerprint density at radius 3 is 2.79 bits per heavy atom. The number of benzene rings is 2. The van der Waals surface area contributed by atoms with Gasteiger partial charge >= 0.3 is 0 Å². The van der Waals surface area contributed by atoms with Gasteiger partial charge in [0.05, 0.1) is 34.0 Å². The summed E-state index contributed by atoms with van der Waals surface area (Å²) in [5, 5.41) is 0.729. The van der Waals surface area contributed by atoms with Crippen LogP contribution in [-0.2, 0) is 4.74 Å². The molecule has 5 nitrogen and oxygen atoms in total. The number of ether oxygens (including phenoxy) is 1. The zero-order chi connectivity index (χ0) is 20.2. The molecule has 1 amide bonds. The molecule has 29 heavy (non-hydrogen) atoms. The molecule has 0 radical (unpaired) electrons. The van der Waals surface area contributed by atoms with Crippen LogP contribution in [0.3, 0.4) is 0 Å². The Kier molecular flexibility index (Phi) is 6.40. The molecule has 1 fully saturated rings. The zero-order valence-corrected chi connectivity index (χ0v) is 17.4. The highest BCUT2D eigenvalue weighted by molar-refractivity contribution is 7.22. The van der Waals surface area contributed by atoms with Crippen molar-refractivity contribution in [2.45, 2.75) is 6.42 Å². The second kappa shape index (κ2) is 9.17. The largest absolute Gasteiger partial charge is 0.379 e. The smallest absolute Gasteiger partial charge is 0.261 e. The van der Waals surface area contributed by atoms with E-state index in [9.17, 15) is 9.18 Å². The number of anilines is 1. The van der Waals surface area contributed by atoms with Gasteiger partial charge in [-0.1, -0.05) is 35.1 Å². The van der Waals surface area contributed by atoms with E-state index in [2.05, 4.69) is 9.88 Å². The Labute approximate surface area is 177 Å². The summed E-state index contributed by atoms with van der Waals surface area (Å²) in [6.07, 6.45) is 0.792. The number of aromatic nitrogens is 1. The minimum atomic E-state index is -0.467. The van der Waals surface area contributed by atoms with Gasteiger partial charge in [-0.2, -0.15) is 0 Å². The summed E-state index contributed by atoms with van der Waals surface area (Å²) in [6, 6.07) is 11.6. The molecule has 3 aromatic rings. The summed E-state index contributed by atoms with van der Waals surface area (Å²) < 4.78 is 19.8. The van der Waals surface area contributed by atoms with E-state index >= 15 is 0 Å². The SMILES string of the molecule is O=C(c1ccc(F)cc1Cl)N(CCCN1CCOCC1)c1nc2ccccc2s1. The summed E-state index contributed by atoms with van der Waals surface area (Å²) in [6.45, 7) is 4.66. The highest BCUT2D eigenvalue weighted by atomic mass is 35.5. The molecule has 2 aromatic carbocycles. The number of fused-ring (bicyclic) bond motifs is 1. The summed E-state index contributed by atoms with van der Waals surface area (Å²) in [5.41, 5.74) is 1.13. The highest BCUT2D eigenvalue weighted by Crippen LogP contribution is 2.31. The summed E-state index contributed by atoms with van der Waals surface area (Å²) in [5.74, 6) is -0.735. The standard InChI is InChI=1S/C21H21ClFN3O2S/c22-17-14-15(23)6-7-16(17)20(27)26(9-3-8-25-10-12-28-13-11-25)21-24-18-4-1-2-5-19(18)29-21/h1-2,4-7,14H,3,8-13H2. The molecule has 1 aromatic heterocycles. The predicted molar refractivity (Wildman–Crippen MR) is 115 cm³/mol. The third-order valence-corrected chi connectivity index (χ3v) is 6.25. The summed E-state index contributed by atoms with van der Waals surface area (Å²) >= 11 is 7.63. The molecule has 0 saturated carbocycles. The second-order valence-electron chi connectivity index (χ2n) is 6.85. The Morgan fingerprint density at radius 2 is 2.03 bits per heavy atom. The lowest BCUT2D eigenvalue weighted by Gasteiger charge is -2.27. The predicted octanol–water partition coefficient (Wildman–Crippen LogP) is 4.46. The van der Waals surface area contributed by atoms with E-state index in [1.807, 2.05) is 24.3 Å². The molecule has 1 aliphatic rings. The lowest BCUT2D eigenvalue weighted by Crippen LogP contribution is -2.39. The molecule has 0 atom stereocenters. The average Bonchev–Trinajstić information content (AvgIpc) is 3.15. The summed E-state index contributed by atoms with van der Waals surface area (Å²) in [7, 11) is 0. The van der Waals surface area contributed by atoms with Crippen LogP contribution in [-0.4, -0.2) is 55.2 Å². The molecule has 0 spiro atoms. The Morgan fingerprint density at radius 1 is 1.24 bits per heavy atom. The van der Waals surface area contributed by atoms with Crippen molar-refractivity contribution in [3.63, 3.8) is 0 Å². The number of hydrogen-bond donors (Lipinski definition) is 0. The molecule has 0 unspecified atom stereocenters. The number of nitrogens with zero attached hydrogens (tertiary/aromatic N) is 3. The van der Waals surface area contributed by atoms with Gasteiger partial charge in [-0.25, -0.2) is 9.37 Å². The first kappa shape index (κ1) is 20.2. The Balaban J connectivity index is 1.58. The second-order valence-corrected chi connectivity index (χ2v) is 8.27. The fourth-order valence-corrected chi connectivity index (χ4v) is 4.58. The van der Waals surface area contributed by atoms with Crippen LogP contribution >= 0.6 is 22.9 Å². The number of carbonyl (C=O) groups is 1. The maximum atomic E-state index is 13.4. The van der Waals surface area contributed by atoms with Gasteiger partial charge in [0.15, 0.2) is 5.13 Å². The Bertz CT molecular complexity index is 974. The van der Waals surface area contributed by atoms with E-state index in [-0.39, 0.29) is 16.5 Å². The number of halogens is 2. The number of amides is 1. The molecular weight excluding hydrogens is 413 g/mol. The number of morpholine rings is 1. The van der Waals surface area contributed by atoms with Crippen molar-refractivity contribution < 1.29 is 13.9 Å². The quantitative estimate of drug-likeness (QED) is 0.575. The third kappa shape index (κ3) is 4.75. The van der Waals surface area contributed by atoms with Gasteiger partial charge in [-0.05, 0) is 36.8 Å². The van der Waals surface area contributed by atoms with Gasteiger partial charge in [0.2, 0.25) is 0 Å². The normalized spacial score (nSPS) is 15.0. The van der Waals surface area contributed by atoms with Crippen molar-refractivity contribution in [1.82, 2.24) is 9.88 Å². The topological polar surface area (TPSA) is 45.7 Å². The van der Waals surface area contributed by atoms with Gasteiger partial charge in [0, 0.05) is 26.2 Å². The van der Waals surface area contributed by atoms with Gasteiger partial charge in [-0.15, -0.1) is 0 Å². The van der Waals surface area contributed by atoms with Crippen LogP contribution in [0, 0.1) is 5.82 Å². The van der Waals surface area contributed by atoms with Gasteiger partial charge < -0.3 is 4.74 Å². The molecule has 0 N–H and O–H groups in total. The van der Waals surface area contributed by atoms with E-state index in [0.29, 0.717) is 11.7 Å². The first-order valence-corrected chi connectivity index (χ1v) is 10.7. The maximum Gasteiger partial charge on any atom is 0.261 e. The molecule has 152 valence electrons. The van der Waals surface area contributed by atoms with Crippen LogP contribution in [0.2, 0.25) is 5.02 Å². The van der Waals surface area contributed by atoms with Gasteiger partial charge in [0.25, 0.3) is 5.91 Å². The van der Waals surface area contributed by atoms with Crippen LogP contribution in [0.25, 0.3) is 10.2 Å². The molecule has 4 rings (SSSR count). The molecule has 0 aliphatic carbocycles. The van der Waals surface area contributed by atoms with Crippen LogP contribution in [0.5, 0.6) is 0 Å². The van der Waals surface area contributed by atoms with Gasteiger partial charge in [0.1, 0.15) is 5.82 Å². The monoisotopic (exact) mass is 433 g/mol. The fourth-order valence-electron chi connectivity index (χ4n) is 3.35. The van der Waals surface area contributed by atoms with Crippen molar-refractivity contribution in [3.8, 4) is 0 Å². The highest BCUT2D eigenvalue weighted by Gasteiger charge is 2.23. The van der Waals surface area contributed by atoms with Crippen LogP contribution in [0.4, 0.5) is 9.52 Å². The molecule has 1 aliphatic heterocycles. The molecule has 8 heteroatoms. The van der Waals surface area contributed by atoms with E-state index in [1.54, 1.807) is 4.90 Å². The Hall–Kier alpha value is -2.06. The molecule has 1 saturated heterocycles. The van der Waals surface area contributed by atoms with Gasteiger partial charge in [-0.3, -0.25) is 14.6 Å². The fraction of sp³-hybridized carbons (Fsp3) is 0.333. The van der Waals surface area contributed by atoms with Crippen molar-refractivity contribution in [3.05, 3.63) is 58.9 Å². The lowest BCUT2D eigenvalue weighted by molar-refractivity contribution is 0.0376. The number of hydrogen-bond acceptors (Lipinski definition) is 5. The summed E-state index contributed by atoms with van der Waals surface area (Å²) in [4.78, 5) is 21.9. The molecule has 0 bridgehead atoms. The minimum absolute atomic E-state index is 0.106. The minimum Gasteiger partial charge on any atom is -0.379 e. The van der Waals surface area contributed by atoms with E-state index in [4.69, 9.17) is 16.3 Å². The van der Waals surface area contributed by atoms with Crippen molar-refractivity contribution in [2.24, 2.45) is 0 Å². The number of para-hydroxylation sites is 1. The van der Waals surface area contributed by atoms with Crippen LogP contribution in [0.15, 0.2) is 42.5 Å². The van der Waals surface area contributed by atoms with Crippen molar-refractivity contribution >= 4 is 44.2 Å². The number of thiazole rings is 1. The van der Waals surface area contributed by atoms with E-state index in [1.165, 1.54) is 29.5 Å². The first-order valence-electron chi connectivity index (χ1n) is 9.54. The van der Waals surface area contributed by atoms with Crippen molar-refractivity contribution in [1.29, 1.82) is 0 Å². The van der Waals surface area contributed by atoms with Crippen LogP contribution in [0.1, 0.15) is 16.8 Å². The number of rotatable bonds is 6. The van der Waals surface area contributed by atoms with E-state index < -0.39 is 5.82 Å². The average molecular weight is 434 g/mol. The zero-order valence-electron chi connectivity index (χ0n) is 15.8. The molecule has 2 heterocycles. The lowest BCUT2D eigenvalue weighted by atomic mass is 10.2. The molecular formula is C21H21ClFN3O2S. The van der Waals surface area contributed by atoms with Crippen molar-refractivity contribution in [2.75, 3.05) is 44.3 Å². The number of carbonyl (C=O) groups excluding carboxylic acids is 1. The van der Waals surface area contributed by atoms with Crippen LogP contribution < -0.4 is 4.90 Å². The maximum absolute atomic E-state index is 13.4.